The van der Waals surface area contributed by atoms with Gasteiger partial charge in [-0.05, 0) is 57.0 Å². The predicted octanol–water partition coefficient (Wildman–Crippen LogP) is 6.77. The minimum Gasteiger partial charge on any atom is -0.480 e. The number of fused-ring (bicyclic) bond motifs is 1. The lowest BCUT2D eigenvalue weighted by Gasteiger charge is -2.39. The molecule has 1 N–H and O–H groups in total. The summed E-state index contributed by atoms with van der Waals surface area (Å²) in [4.78, 5) is 30.6. The second kappa shape index (κ2) is 11.5. The molecular formula is C27H27Cl3N4O4S. The number of piperidine rings is 1. The average molecular weight is 610 g/mol. The normalized spacial score (nSPS) is 14.9. The third-order valence-corrected chi connectivity index (χ3v) is 8.99. The first-order valence-corrected chi connectivity index (χ1v) is 14.5. The van der Waals surface area contributed by atoms with Gasteiger partial charge in [-0.1, -0.05) is 40.0 Å². The number of rotatable bonds is 8. The molecule has 39 heavy (non-hydrogen) atoms. The summed E-state index contributed by atoms with van der Waals surface area (Å²) in [5, 5.41) is 15.4. The molecule has 8 nitrogen and oxygen atoms in total. The quantitative estimate of drug-likeness (QED) is 0.237. The second-order valence-electron chi connectivity index (χ2n) is 9.88. The van der Waals surface area contributed by atoms with E-state index >= 15 is 0 Å². The number of halogens is 3. The standard InChI is InChI=1S/C27H27Cl3N4O4S/c1-15(2)32-9-7-17(8-10-32)33(14-25(35)36)27(37)21-12-18-19(28)3-4-20(29)26(18)34(21)13-16-11-22(38-31-16)23-5-6-24(30)39-23/h3-6,11-12,15,17H,7-10,13-14H2,1-2H3,(H,35,36). The lowest BCUT2D eigenvalue weighted by Crippen LogP contribution is -2.50. The molecule has 0 bridgehead atoms. The fourth-order valence-corrected chi connectivity index (χ4v) is 6.59. The summed E-state index contributed by atoms with van der Waals surface area (Å²) < 4.78 is 7.93. The van der Waals surface area contributed by atoms with Crippen LogP contribution in [0.5, 0.6) is 0 Å². The molecule has 4 aromatic rings. The van der Waals surface area contributed by atoms with E-state index in [2.05, 4.69) is 23.9 Å². The van der Waals surface area contributed by atoms with Crippen LogP contribution in [0.4, 0.5) is 0 Å². The van der Waals surface area contributed by atoms with Crippen LogP contribution in [0.2, 0.25) is 14.4 Å². The van der Waals surface area contributed by atoms with E-state index < -0.39 is 18.4 Å². The number of nitrogens with zero attached hydrogens (tertiary/aromatic N) is 4. The van der Waals surface area contributed by atoms with Gasteiger partial charge >= 0.3 is 5.97 Å². The van der Waals surface area contributed by atoms with Crippen LogP contribution in [0.1, 0.15) is 42.9 Å². The summed E-state index contributed by atoms with van der Waals surface area (Å²) in [6, 6.07) is 10.6. The lowest BCUT2D eigenvalue weighted by molar-refractivity contribution is -0.138. The summed E-state index contributed by atoms with van der Waals surface area (Å²) in [6.07, 6.45) is 1.38. The number of thiophene rings is 1. The number of carbonyl (C=O) groups is 2. The van der Waals surface area contributed by atoms with Gasteiger partial charge in [0.05, 0.1) is 31.3 Å². The molecule has 0 spiro atoms. The number of hydrogen-bond acceptors (Lipinski definition) is 6. The van der Waals surface area contributed by atoms with Crippen molar-refractivity contribution in [3.63, 3.8) is 0 Å². The van der Waals surface area contributed by atoms with Crippen molar-refractivity contribution < 1.29 is 19.2 Å². The van der Waals surface area contributed by atoms with Crippen LogP contribution < -0.4 is 0 Å². The number of benzene rings is 1. The predicted molar refractivity (Wildman–Crippen MR) is 154 cm³/mol. The van der Waals surface area contributed by atoms with E-state index in [9.17, 15) is 14.7 Å². The number of likely N-dealkylation sites (tertiary alicyclic amines) is 1. The Morgan fingerprint density at radius 1 is 1.13 bits per heavy atom. The summed E-state index contributed by atoms with van der Waals surface area (Å²) in [7, 11) is 0. The highest BCUT2D eigenvalue weighted by molar-refractivity contribution is 7.19. The number of carboxylic acids is 1. The first kappa shape index (κ1) is 28.0. The van der Waals surface area contributed by atoms with Crippen LogP contribution in [0, 0.1) is 0 Å². The highest BCUT2D eigenvalue weighted by atomic mass is 35.5. The minimum atomic E-state index is -1.07. The smallest absolute Gasteiger partial charge is 0.323 e. The summed E-state index contributed by atoms with van der Waals surface area (Å²) in [5.74, 6) is -0.901. The van der Waals surface area contributed by atoms with E-state index in [4.69, 9.17) is 39.3 Å². The van der Waals surface area contributed by atoms with Crippen LogP contribution in [0.25, 0.3) is 21.5 Å². The molecule has 1 amide bonds. The van der Waals surface area contributed by atoms with Crippen molar-refractivity contribution in [2.24, 2.45) is 0 Å². The molecule has 1 saturated heterocycles. The molecule has 0 radical (unpaired) electrons. The van der Waals surface area contributed by atoms with Crippen molar-refractivity contribution >= 4 is 68.9 Å². The maximum Gasteiger partial charge on any atom is 0.323 e. The SMILES string of the molecule is CC(C)N1CCC(N(CC(=O)O)C(=O)c2cc3c(Cl)ccc(Cl)c3n2Cc2cc(-c3ccc(Cl)s3)on2)CC1. The molecule has 0 saturated carbocycles. The van der Waals surface area contributed by atoms with Gasteiger partial charge in [0.15, 0.2) is 5.76 Å². The summed E-state index contributed by atoms with van der Waals surface area (Å²) >= 11 is 20.6. The van der Waals surface area contributed by atoms with Gasteiger partial charge in [-0.3, -0.25) is 9.59 Å². The molecule has 5 rings (SSSR count). The first-order chi connectivity index (χ1) is 18.6. The molecule has 1 aromatic carbocycles. The molecule has 4 heterocycles. The zero-order valence-electron chi connectivity index (χ0n) is 21.4. The minimum absolute atomic E-state index is 0.167. The lowest BCUT2D eigenvalue weighted by atomic mass is 10.0. The molecule has 0 unspecified atom stereocenters. The fraction of sp³-hybridized carbons (Fsp3) is 0.370. The number of carbonyl (C=O) groups excluding carboxylic acids is 1. The Morgan fingerprint density at radius 3 is 2.49 bits per heavy atom. The van der Waals surface area contributed by atoms with Crippen LogP contribution in [0.3, 0.4) is 0 Å². The molecule has 1 aliphatic heterocycles. The maximum atomic E-state index is 14.1. The summed E-state index contributed by atoms with van der Waals surface area (Å²) in [6.45, 7) is 5.62. The van der Waals surface area contributed by atoms with E-state index in [1.165, 1.54) is 16.2 Å². The second-order valence-corrected chi connectivity index (χ2v) is 12.4. The molecule has 12 heteroatoms. The topological polar surface area (TPSA) is 91.8 Å². The van der Waals surface area contributed by atoms with E-state index in [-0.39, 0.29) is 18.3 Å². The van der Waals surface area contributed by atoms with E-state index in [1.807, 2.05) is 6.07 Å². The van der Waals surface area contributed by atoms with Crippen molar-refractivity contribution in [1.82, 2.24) is 19.5 Å². The van der Waals surface area contributed by atoms with Gasteiger partial charge in [-0.2, -0.15) is 0 Å². The Morgan fingerprint density at radius 2 is 1.85 bits per heavy atom. The van der Waals surface area contributed by atoms with Gasteiger partial charge in [0.2, 0.25) is 0 Å². The molecule has 0 aliphatic carbocycles. The van der Waals surface area contributed by atoms with E-state index in [0.29, 0.717) is 55.6 Å². The zero-order valence-corrected chi connectivity index (χ0v) is 24.4. The van der Waals surface area contributed by atoms with Crippen molar-refractivity contribution in [3.8, 4) is 10.6 Å². The van der Waals surface area contributed by atoms with E-state index in [0.717, 1.165) is 18.0 Å². The molecule has 0 atom stereocenters. The number of aliphatic carboxylic acids is 1. The molecular weight excluding hydrogens is 583 g/mol. The Kier molecular flexibility index (Phi) is 8.26. The number of carboxylic acid groups (broad SMARTS) is 1. The summed E-state index contributed by atoms with van der Waals surface area (Å²) in [5.41, 5.74) is 1.42. The Bertz CT molecular complexity index is 1520. The van der Waals surface area contributed by atoms with E-state index in [1.54, 1.807) is 34.9 Å². The van der Waals surface area contributed by atoms with Crippen molar-refractivity contribution in [3.05, 3.63) is 62.2 Å². The van der Waals surface area contributed by atoms with Crippen LogP contribution in [0.15, 0.2) is 40.9 Å². The van der Waals surface area contributed by atoms with Gasteiger partial charge in [0, 0.05) is 36.6 Å². The first-order valence-electron chi connectivity index (χ1n) is 12.6. The Hall–Kier alpha value is -2.56. The maximum absolute atomic E-state index is 14.1. The Labute approximate surface area is 244 Å². The molecule has 1 fully saturated rings. The van der Waals surface area contributed by atoms with Gasteiger partial charge in [-0.25, -0.2) is 0 Å². The highest BCUT2D eigenvalue weighted by Gasteiger charge is 2.33. The van der Waals surface area contributed by atoms with Crippen molar-refractivity contribution in [2.75, 3.05) is 19.6 Å². The van der Waals surface area contributed by atoms with Crippen LogP contribution in [-0.2, 0) is 11.3 Å². The number of amides is 1. The van der Waals surface area contributed by atoms with Crippen molar-refractivity contribution in [1.29, 1.82) is 0 Å². The number of aromatic nitrogens is 2. The van der Waals surface area contributed by atoms with Crippen LogP contribution in [-0.4, -0.2) is 68.2 Å². The third kappa shape index (κ3) is 5.83. The van der Waals surface area contributed by atoms with Gasteiger partial charge in [-0.15, -0.1) is 11.3 Å². The average Bonchev–Trinajstić information content (AvgIpc) is 3.64. The van der Waals surface area contributed by atoms with Gasteiger partial charge < -0.3 is 24.0 Å². The fourth-order valence-electron chi connectivity index (χ4n) is 5.13. The Balaban J connectivity index is 1.53. The van der Waals surface area contributed by atoms with Gasteiger partial charge in [0.25, 0.3) is 5.91 Å². The molecule has 1 aliphatic rings. The monoisotopic (exact) mass is 608 g/mol. The largest absolute Gasteiger partial charge is 0.480 e. The number of hydrogen-bond donors (Lipinski definition) is 1. The van der Waals surface area contributed by atoms with Crippen molar-refractivity contribution in [2.45, 2.75) is 45.3 Å². The highest BCUT2D eigenvalue weighted by Crippen LogP contribution is 2.35. The third-order valence-electron chi connectivity index (χ3n) is 7.11. The zero-order chi connectivity index (χ0) is 27.8. The van der Waals surface area contributed by atoms with Crippen LogP contribution >= 0.6 is 46.1 Å². The molecule has 206 valence electrons. The van der Waals surface area contributed by atoms with Gasteiger partial charge in [0.1, 0.15) is 17.9 Å². The molecule has 3 aromatic heterocycles.